The van der Waals surface area contributed by atoms with Gasteiger partial charge in [-0.15, -0.1) is 0 Å². The van der Waals surface area contributed by atoms with Crippen LogP contribution in [0.15, 0.2) is 30.9 Å². The zero-order chi connectivity index (χ0) is 15.2. The number of nitrogens with one attached hydrogen (secondary N) is 2. The van der Waals surface area contributed by atoms with Crippen LogP contribution >= 0.6 is 11.6 Å². The molecule has 0 bridgehead atoms. The first-order valence-corrected chi connectivity index (χ1v) is 7.15. The average Bonchev–Trinajstić information content (AvgIpc) is 2.98. The Balaban J connectivity index is 2.19. The second kappa shape index (κ2) is 7.19. The molecule has 2 N–H and O–H groups in total. The van der Waals surface area contributed by atoms with Gasteiger partial charge in [-0.25, -0.2) is 9.67 Å². The number of anilines is 1. The van der Waals surface area contributed by atoms with E-state index in [2.05, 4.69) is 20.7 Å². The van der Waals surface area contributed by atoms with E-state index in [1.54, 1.807) is 29.2 Å². The molecule has 0 fully saturated rings. The monoisotopic (exact) mass is 307 g/mol. The molecule has 0 radical (unpaired) electrons. The SMILES string of the molecule is CCNCC(C)C(=O)Nc1cc(Cl)ccc1-n1cncn1. The summed E-state index contributed by atoms with van der Waals surface area (Å²) in [4.78, 5) is 16.1. The van der Waals surface area contributed by atoms with Gasteiger partial charge in [0.25, 0.3) is 0 Å². The highest BCUT2D eigenvalue weighted by atomic mass is 35.5. The van der Waals surface area contributed by atoms with Crippen molar-refractivity contribution < 1.29 is 4.79 Å². The van der Waals surface area contributed by atoms with E-state index in [0.29, 0.717) is 17.3 Å². The van der Waals surface area contributed by atoms with Gasteiger partial charge in [-0.3, -0.25) is 4.79 Å². The lowest BCUT2D eigenvalue weighted by Crippen LogP contribution is -2.30. The number of rotatable bonds is 6. The van der Waals surface area contributed by atoms with Crippen LogP contribution in [0.1, 0.15) is 13.8 Å². The number of hydrogen-bond donors (Lipinski definition) is 2. The van der Waals surface area contributed by atoms with Crippen LogP contribution in [0.2, 0.25) is 5.02 Å². The molecule has 21 heavy (non-hydrogen) atoms. The molecule has 7 heteroatoms. The van der Waals surface area contributed by atoms with Gasteiger partial charge in [0.05, 0.1) is 11.4 Å². The number of halogens is 1. The molecule has 0 saturated carbocycles. The Hall–Kier alpha value is -1.92. The van der Waals surface area contributed by atoms with Crippen LogP contribution < -0.4 is 10.6 Å². The number of hydrogen-bond acceptors (Lipinski definition) is 4. The van der Waals surface area contributed by atoms with Gasteiger partial charge in [0, 0.05) is 17.5 Å². The van der Waals surface area contributed by atoms with Gasteiger partial charge >= 0.3 is 0 Å². The largest absolute Gasteiger partial charge is 0.324 e. The number of aromatic nitrogens is 3. The summed E-state index contributed by atoms with van der Waals surface area (Å²) in [5, 5.41) is 10.7. The number of benzene rings is 1. The summed E-state index contributed by atoms with van der Waals surface area (Å²) in [6.07, 6.45) is 3.01. The molecule has 0 spiro atoms. The van der Waals surface area contributed by atoms with Crippen molar-refractivity contribution in [3.63, 3.8) is 0 Å². The predicted octanol–water partition coefficient (Wildman–Crippen LogP) is 2.10. The molecule has 1 aromatic carbocycles. The first-order valence-electron chi connectivity index (χ1n) is 6.78. The minimum atomic E-state index is -0.146. The molecule has 6 nitrogen and oxygen atoms in total. The molecule has 0 saturated heterocycles. The Morgan fingerprint density at radius 3 is 2.95 bits per heavy atom. The summed E-state index contributed by atoms with van der Waals surface area (Å²) in [6.45, 7) is 5.34. The van der Waals surface area contributed by atoms with E-state index in [9.17, 15) is 4.79 Å². The average molecular weight is 308 g/mol. The molecule has 1 aromatic heterocycles. The Kier molecular flexibility index (Phi) is 5.30. The molecule has 1 heterocycles. The molecule has 112 valence electrons. The lowest BCUT2D eigenvalue weighted by molar-refractivity contribution is -0.119. The van der Waals surface area contributed by atoms with Crippen molar-refractivity contribution in [2.75, 3.05) is 18.4 Å². The summed E-state index contributed by atoms with van der Waals surface area (Å²) in [5.41, 5.74) is 1.34. The Labute approximate surface area is 128 Å². The summed E-state index contributed by atoms with van der Waals surface area (Å²) in [5.74, 6) is -0.216. The van der Waals surface area contributed by atoms with Gasteiger partial charge in [-0.1, -0.05) is 25.4 Å². The highest BCUT2D eigenvalue weighted by Crippen LogP contribution is 2.24. The van der Waals surface area contributed by atoms with E-state index in [1.807, 2.05) is 13.8 Å². The minimum absolute atomic E-state index is 0.0698. The minimum Gasteiger partial charge on any atom is -0.324 e. The molecule has 2 aromatic rings. The number of carbonyl (C=O) groups is 1. The third-order valence-corrected chi connectivity index (χ3v) is 3.27. The highest BCUT2D eigenvalue weighted by molar-refractivity contribution is 6.31. The van der Waals surface area contributed by atoms with E-state index < -0.39 is 0 Å². The van der Waals surface area contributed by atoms with Crippen LogP contribution in [0, 0.1) is 5.92 Å². The van der Waals surface area contributed by atoms with Gasteiger partial charge in [0.15, 0.2) is 0 Å². The predicted molar refractivity (Wildman–Crippen MR) is 82.7 cm³/mol. The fraction of sp³-hybridized carbons (Fsp3) is 0.357. The molecule has 2 rings (SSSR count). The van der Waals surface area contributed by atoms with Crippen molar-refractivity contribution in [2.45, 2.75) is 13.8 Å². The van der Waals surface area contributed by atoms with Crippen molar-refractivity contribution in [3.05, 3.63) is 35.9 Å². The molecule has 0 aliphatic rings. The fourth-order valence-electron chi connectivity index (χ4n) is 1.85. The molecular formula is C14H18ClN5O. The van der Waals surface area contributed by atoms with Crippen molar-refractivity contribution >= 4 is 23.2 Å². The van der Waals surface area contributed by atoms with Gasteiger partial charge in [-0.05, 0) is 24.7 Å². The maximum Gasteiger partial charge on any atom is 0.228 e. The number of amides is 1. The number of nitrogens with zero attached hydrogens (tertiary/aromatic N) is 3. The molecule has 1 unspecified atom stereocenters. The first kappa shape index (κ1) is 15.5. The van der Waals surface area contributed by atoms with Crippen LogP contribution in [-0.4, -0.2) is 33.8 Å². The van der Waals surface area contributed by atoms with Crippen LogP contribution in [0.3, 0.4) is 0 Å². The molecular weight excluding hydrogens is 290 g/mol. The van der Waals surface area contributed by atoms with E-state index in [1.165, 1.54) is 6.33 Å². The highest BCUT2D eigenvalue weighted by Gasteiger charge is 2.15. The van der Waals surface area contributed by atoms with Crippen molar-refractivity contribution in [2.24, 2.45) is 5.92 Å². The molecule has 1 amide bonds. The smallest absolute Gasteiger partial charge is 0.228 e. The summed E-state index contributed by atoms with van der Waals surface area (Å²) in [7, 11) is 0. The summed E-state index contributed by atoms with van der Waals surface area (Å²) in [6, 6.07) is 5.24. The van der Waals surface area contributed by atoms with Gasteiger partial charge in [0.2, 0.25) is 5.91 Å². The van der Waals surface area contributed by atoms with Crippen molar-refractivity contribution in [1.82, 2.24) is 20.1 Å². The van der Waals surface area contributed by atoms with Gasteiger partial charge < -0.3 is 10.6 Å². The van der Waals surface area contributed by atoms with Gasteiger partial charge in [-0.2, -0.15) is 5.10 Å². The second-order valence-corrected chi connectivity index (χ2v) is 5.14. The second-order valence-electron chi connectivity index (χ2n) is 4.70. The Bertz CT molecular complexity index is 599. The Morgan fingerprint density at radius 1 is 1.48 bits per heavy atom. The third-order valence-electron chi connectivity index (χ3n) is 3.03. The van der Waals surface area contributed by atoms with E-state index in [4.69, 9.17) is 11.6 Å². The standard InChI is InChI=1S/C14H18ClN5O/c1-3-16-7-10(2)14(21)19-12-6-11(15)4-5-13(12)20-9-17-8-18-20/h4-6,8-10,16H,3,7H2,1-2H3,(H,19,21). The topological polar surface area (TPSA) is 71.8 Å². The third kappa shape index (κ3) is 4.03. The van der Waals surface area contributed by atoms with Gasteiger partial charge in [0.1, 0.15) is 12.7 Å². The van der Waals surface area contributed by atoms with Crippen molar-refractivity contribution in [3.8, 4) is 5.69 Å². The van der Waals surface area contributed by atoms with E-state index in [-0.39, 0.29) is 11.8 Å². The summed E-state index contributed by atoms with van der Waals surface area (Å²) < 4.78 is 1.58. The quantitative estimate of drug-likeness (QED) is 0.857. The van der Waals surface area contributed by atoms with Crippen LogP contribution in [0.4, 0.5) is 5.69 Å². The van der Waals surface area contributed by atoms with Crippen LogP contribution in [-0.2, 0) is 4.79 Å². The van der Waals surface area contributed by atoms with E-state index >= 15 is 0 Å². The molecule has 0 aliphatic carbocycles. The lowest BCUT2D eigenvalue weighted by atomic mass is 10.1. The maximum atomic E-state index is 12.2. The normalized spacial score (nSPS) is 12.1. The molecule has 1 atom stereocenters. The van der Waals surface area contributed by atoms with Crippen LogP contribution in [0.5, 0.6) is 0 Å². The van der Waals surface area contributed by atoms with Crippen molar-refractivity contribution in [1.29, 1.82) is 0 Å². The Morgan fingerprint density at radius 2 is 2.29 bits per heavy atom. The lowest BCUT2D eigenvalue weighted by Gasteiger charge is -2.15. The maximum absolute atomic E-state index is 12.2. The van der Waals surface area contributed by atoms with Crippen LogP contribution in [0.25, 0.3) is 5.69 Å². The zero-order valence-corrected chi connectivity index (χ0v) is 12.8. The van der Waals surface area contributed by atoms with E-state index in [0.717, 1.165) is 12.2 Å². The first-order chi connectivity index (χ1) is 10.1. The molecule has 0 aliphatic heterocycles. The summed E-state index contributed by atoms with van der Waals surface area (Å²) >= 11 is 6.02. The zero-order valence-electron chi connectivity index (χ0n) is 12.0. The number of carbonyl (C=O) groups excluding carboxylic acids is 1. The fourth-order valence-corrected chi connectivity index (χ4v) is 2.02.